The van der Waals surface area contributed by atoms with Crippen LogP contribution in [0, 0.1) is 3.57 Å². The van der Waals surface area contributed by atoms with E-state index in [-0.39, 0.29) is 6.10 Å². The van der Waals surface area contributed by atoms with Crippen LogP contribution in [-0.4, -0.2) is 41.6 Å². The van der Waals surface area contributed by atoms with Crippen LogP contribution in [0.15, 0.2) is 42.5 Å². The minimum Gasteiger partial charge on any atom is -0.496 e. The highest BCUT2D eigenvalue weighted by Gasteiger charge is 2.21. The summed E-state index contributed by atoms with van der Waals surface area (Å²) in [5.41, 5.74) is 1.16. The quantitative estimate of drug-likeness (QED) is 0.531. The molecular weight excluding hydrogens is 467 g/mol. The fourth-order valence-corrected chi connectivity index (χ4v) is 4.34. The van der Waals surface area contributed by atoms with E-state index >= 15 is 0 Å². The van der Waals surface area contributed by atoms with E-state index in [1.54, 1.807) is 7.11 Å². The van der Waals surface area contributed by atoms with Gasteiger partial charge in [0.1, 0.15) is 5.75 Å². The Morgan fingerprint density at radius 1 is 1.14 bits per heavy atom. The molecule has 0 amide bonds. The predicted molar refractivity (Wildman–Crippen MR) is 120 cm³/mol. The number of hydrogen-bond donors (Lipinski definition) is 2. The van der Waals surface area contributed by atoms with Gasteiger partial charge in [-0.1, -0.05) is 30.3 Å². The monoisotopic (exact) mass is 490 g/mol. The highest BCUT2D eigenvalue weighted by atomic mass is 127. The van der Waals surface area contributed by atoms with E-state index in [1.807, 2.05) is 18.2 Å². The van der Waals surface area contributed by atoms with Gasteiger partial charge in [0.25, 0.3) is 0 Å². The van der Waals surface area contributed by atoms with Crippen molar-refractivity contribution >= 4 is 45.0 Å². The van der Waals surface area contributed by atoms with Gasteiger partial charge in [-0.05, 0) is 53.1 Å². The van der Waals surface area contributed by atoms with Gasteiger partial charge in [-0.15, -0.1) is 10.2 Å². The first-order chi connectivity index (χ1) is 13.7. The maximum absolute atomic E-state index is 9.78. The molecule has 28 heavy (non-hydrogen) atoms. The van der Waals surface area contributed by atoms with Crippen molar-refractivity contribution in [2.45, 2.75) is 25.5 Å². The first kappa shape index (κ1) is 19.2. The number of nitrogens with one attached hydrogen (secondary N) is 1. The Balaban J connectivity index is 1.58. The zero-order chi connectivity index (χ0) is 19.5. The minimum atomic E-state index is -0.205. The summed E-state index contributed by atoms with van der Waals surface area (Å²) >= 11 is 2.28. The Kier molecular flexibility index (Phi) is 5.82. The molecule has 0 aliphatic carbocycles. The van der Waals surface area contributed by atoms with E-state index < -0.39 is 0 Å². The van der Waals surface area contributed by atoms with Gasteiger partial charge in [-0.2, -0.15) is 0 Å². The molecule has 0 bridgehead atoms. The third kappa shape index (κ3) is 4.00. The topological polar surface area (TPSA) is 70.5 Å². The number of benzene rings is 2. The number of aliphatic hydroxyl groups is 1. The molecule has 0 unspecified atom stereocenters. The van der Waals surface area contributed by atoms with Crippen molar-refractivity contribution in [3.05, 3.63) is 51.6 Å². The lowest BCUT2D eigenvalue weighted by molar-refractivity contribution is 0.145. The van der Waals surface area contributed by atoms with Crippen molar-refractivity contribution in [3.8, 4) is 5.75 Å². The molecule has 1 aliphatic rings. The van der Waals surface area contributed by atoms with Gasteiger partial charge in [0, 0.05) is 30.4 Å². The van der Waals surface area contributed by atoms with Crippen molar-refractivity contribution < 1.29 is 9.84 Å². The van der Waals surface area contributed by atoms with Crippen LogP contribution in [-0.2, 0) is 6.54 Å². The van der Waals surface area contributed by atoms with E-state index in [1.165, 1.54) is 0 Å². The number of fused-ring (bicyclic) bond motifs is 1. The normalized spacial score (nSPS) is 15.0. The molecule has 1 aromatic heterocycles. The highest BCUT2D eigenvalue weighted by Crippen LogP contribution is 2.30. The number of piperidine rings is 1. The molecule has 0 saturated carbocycles. The van der Waals surface area contributed by atoms with Gasteiger partial charge in [0.15, 0.2) is 11.6 Å². The lowest BCUT2D eigenvalue weighted by atomic mass is 10.1. The Hall–Kier alpha value is -2.13. The van der Waals surface area contributed by atoms with Crippen molar-refractivity contribution in [1.29, 1.82) is 0 Å². The summed E-state index contributed by atoms with van der Waals surface area (Å²) in [5.74, 6) is 2.56. The van der Waals surface area contributed by atoms with Gasteiger partial charge in [-0.25, -0.2) is 0 Å². The van der Waals surface area contributed by atoms with Crippen LogP contribution in [0.3, 0.4) is 0 Å². The van der Waals surface area contributed by atoms with Crippen LogP contribution in [0.4, 0.5) is 11.6 Å². The third-order valence-corrected chi connectivity index (χ3v) is 5.95. The molecule has 146 valence electrons. The summed E-state index contributed by atoms with van der Waals surface area (Å²) in [4.78, 5) is 2.22. The number of aromatic nitrogens is 2. The van der Waals surface area contributed by atoms with E-state index in [9.17, 15) is 5.11 Å². The van der Waals surface area contributed by atoms with Gasteiger partial charge in [-0.3, -0.25) is 0 Å². The molecule has 2 N–H and O–H groups in total. The van der Waals surface area contributed by atoms with Crippen LogP contribution in [0.2, 0.25) is 0 Å². The Bertz CT molecular complexity index is 974. The van der Waals surface area contributed by atoms with Crippen LogP contribution < -0.4 is 15.0 Å². The molecule has 0 radical (unpaired) electrons. The molecule has 1 saturated heterocycles. The summed E-state index contributed by atoms with van der Waals surface area (Å²) < 4.78 is 6.41. The molecule has 1 fully saturated rings. The number of hydrogen-bond acceptors (Lipinski definition) is 6. The first-order valence-corrected chi connectivity index (χ1v) is 10.5. The Morgan fingerprint density at radius 3 is 2.61 bits per heavy atom. The summed E-state index contributed by atoms with van der Waals surface area (Å²) in [6, 6.07) is 14.4. The number of methoxy groups -OCH3 is 1. The maximum atomic E-state index is 9.78. The maximum Gasteiger partial charge on any atom is 0.159 e. The van der Waals surface area contributed by atoms with Crippen LogP contribution in [0.5, 0.6) is 5.75 Å². The van der Waals surface area contributed by atoms with E-state index in [0.29, 0.717) is 6.54 Å². The SMILES string of the molecule is COc1ccc(CNc2nnc(N3CCC(O)CC3)c3ccccc23)cc1I. The van der Waals surface area contributed by atoms with Crippen molar-refractivity contribution in [2.24, 2.45) is 0 Å². The van der Waals surface area contributed by atoms with Crippen LogP contribution in [0.25, 0.3) is 10.8 Å². The Labute approximate surface area is 178 Å². The smallest absolute Gasteiger partial charge is 0.159 e. The van der Waals surface area contributed by atoms with Gasteiger partial charge in [0.05, 0.1) is 16.8 Å². The number of nitrogens with zero attached hydrogens (tertiary/aromatic N) is 3. The predicted octanol–water partition coefficient (Wildman–Crippen LogP) is 3.82. The molecule has 4 rings (SSSR count). The summed E-state index contributed by atoms with van der Waals surface area (Å²) in [6.07, 6.45) is 1.34. The second-order valence-electron chi connectivity index (χ2n) is 6.96. The van der Waals surface area contributed by atoms with Crippen molar-refractivity contribution in [2.75, 3.05) is 30.4 Å². The molecule has 2 aromatic carbocycles. The van der Waals surface area contributed by atoms with Gasteiger partial charge in [0.2, 0.25) is 0 Å². The number of ether oxygens (including phenoxy) is 1. The van der Waals surface area contributed by atoms with Gasteiger partial charge < -0.3 is 20.1 Å². The molecule has 2 heterocycles. The van der Waals surface area contributed by atoms with Crippen LogP contribution in [0.1, 0.15) is 18.4 Å². The fraction of sp³-hybridized carbons (Fsp3) is 0.333. The first-order valence-electron chi connectivity index (χ1n) is 9.40. The second kappa shape index (κ2) is 8.48. The minimum absolute atomic E-state index is 0.205. The van der Waals surface area contributed by atoms with E-state index in [0.717, 1.165) is 63.2 Å². The molecule has 1 aliphatic heterocycles. The molecular formula is C21H23IN4O2. The molecule has 0 atom stereocenters. The van der Waals surface area contributed by atoms with Crippen LogP contribution >= 0.6 is 22.6 Å². The molecule has 3 aromatic rings. The largest absolute Gasteiger partial charge is 0.496 e. The summed E-state index contributed by atoms with van der Waals surface area (Å²) in [7, 11) is 1.68. The van der Waals surface area contributed by atoms with E-state index in [4.69, 9.17) is 4.74 Å². The lowest BCUT2D eigenvalue weighted by Gasteiger charge is -2.31. The highest BCUT2D eigenvalue weighted by molar-refractivity contribution is 14.1. The second-order valence-corrected chi connectivity index (χ2v) is 8.12. The van der Waals surface area contributed by atoms with Crippen molar-refractivity contribution in [3.63, 3.8) is 0 Å². The fourth-order valence-electron chi connectivity index (χ4n) is 3.54. The zero-order valence-electron chi connectivity index (χ0n) is 15.7. The average Bonchev–Trinajstić information content (AvgIpc) is 2.73. The van der Waals surface area contributed by atoms with E-state index in [2.05, 4.69) is 67.3 Å². The zero-order valence-corrected chi connectivity index (χ0v) is 17.9. The third-order valence-electron chi connectivity index (χ3n) is 5.11. The van der Waals surface area contributed by atoms with Gasteiger partial charge >= 0.3 is 0 Å². The number of anilines is 2. The number of aliphatic hydroxyl groups excluding tert-OH is 1. The molecule has 0 spiro atoms. The Morgan fingerprint density at radius 2 is 1.89 bits per heavy atom. The summed E-state index contributed by atoms with van der Waals surface area (Å²) in [5, 5.41) is 24.4. The summed E-state index contributed by atoms with van der Waals surface area (Å²) in [6.45, 7) is 2.27. The lowest BCUT2D eigenvalue weighted by Crippen LogP contribution is -2.36. The van der Waals surface area contributed by atoms with Crippen molar-refractivity contribution in [1.82, 2.24) is 10.2 Å². The average molecular weight is 490 g/mol. The number of rotatable bonds is 5. The molecule has 6 nitrogen and oxygen atoms in total. The number of halogens is 1. The standard InChI is InChI=1S/C21H23IN4O2/c1-28-19-7-6-14(12-18(19)22)13-23-20-16-4-2-3-5-17(16)21(25-24-20)26-10-8-15(27)9-11-26/h2-7,12,15,27H,8-11,13H2,1H3,(H,23,24). The molecule has 7 heteroatoms.